The molecule has 0 saturated heterocycles. The van der Waals surface area contributed by atoms with Crippen LogP contribution in [0.3, 0.4) is 0 Å². The molecule has 3 nitrogen and oxygen atoms in total. The monoisotopic (exact) mass is 303 g/mol. The second kappa shape index (κ2) is 8.33. The molecule has 122 valence electrons. The fraction of sp³-hybridized carbons (Fsp3) is 0.632. The van der Waals surface area contributed by atoms with Crippen molar-refractivity contribution in [3.8, 4) is 0 Å². The number of rotatable bonds is 7. The molecular formula is C19H29NO2. The van der Waals surface area contributed by atoms with Crippen LogP contribution in [0.5, 0.6) is 0 Å². The van der Waals surface area contributed by atoms with E-state index in [9.17, 15) is 4.79 Å². The Morgan fingerprint density at radius 3 is 2.45 bits per heavy atom. The second-order valence-electron chi connectivity index (χ2n) is 6.89. The molecule has 1 unspecified atom stereocenters. The normalized spacial score (nSPS) is 16.9. The molecule has 1 aromatic rings. The summed E-state index contributed by atoms with van der Waals surface area (Å²) in [5.74, 6) is 0.388. The number of nitrogens with one attached hydrogen (secondary N) is 1. The highest BCUT2D eigenvalue weighted by atomic mass is 16.5. The summed E-state index contributed by atoms with van der Waals surface area (Å²) in [5.41, 5.74) is 2.45. The lowest BCUT2D eigenvalue weighted by atomic mass is 10.0. The maximum absolute atomic E-state index is 12.4. The van der Waals surface area contributed by atoms with Crippen molar-refractivity contribution in [3.05, 3.63) is 35.4 Å². The van der Waals surface area contributed by atoms with Crippen LogP contribution in [-0.2, 0) is 16.1 Å². The number of carbonyl (C=O) groups excluding carboxylic acids is 1. The molecule has 2 rings (SSSR count). The van der Waals surface area contributed by atoms with Crippen LogP contribution in [0.15, 0.2) is 24.3 Å². The van der Waals surface area contributed by atoms with E-state index in [0.717, 1.165) is 19.3 Å². The summed E-state index contributed by atoms with van der Waals surface area (Å²) in [7, 11) is 0. The number of aryl methyl sites for hydroxylation is 1. The van der Waals surface area contributed by atoms with E-state index < -0.39 is 0 Å². The number of hydrogen-bond acceptors (Lipinski definition) is 3. The first-order valence-electron chi connectivity index (χ1n) is 8.54. The van der Waals surface area contributed by atoms with Crippen LogP contribution in [0.4, 0.5) is 0 Å². The fourth-order valence-electron chi connectivity index (χ4n) is 2.93. The Hall–Kier alpha value is -1.35. The maximum atomic E-state index is 12.4. The highest BCUT2D eigenvalue weighted by molar-refractivity contribution is 5.76. The van der Waals surface area contributed by atoms with E-state index in [1.165, 1.54) is 24.0 Å². The molecule has 1 atom stereocenters. The number of carbonyl (C=O) groups is 1. The fourth-order valence-corrected chi connectivity index (χ4v) is 2.93. The molecule has 0 spiro atoms. The molecule has 1 N–H and O–H groups in total. The van der Waals surface area contributed by atoms with Gasteiger partial charge in [0.05, 0.1) is 0 Å². The lowest BCUT2D eigenvalue weighted by Crippen LogP contribution is -2.40. The Morgan fingerprint density at radius 1 is 1.23 bits per heavy atom. The number of benzene rings is 1. The first-order chi connectivity index (χ1) is 10.5. The van der Waals surface area contributed by atoms with E-state index in [0.29, 0.717) is 12.5 Å². The van der Waals surface area contributed by atoms with Crippen molar-refractivity contribution in [2.45, 2.75) is 71.6 Å². The highest BCUT2D eigenvalue weighted by Gasteiger charge is 2.25. The van der Waals surface area contributed by atoms with Gasteiger partial charge < -0.3 is 10.1 Å². The predicted octanol–water partition coefficient (Wildman–Crippen LogP) is 3.99. The van der Waals surface area contributed by atoms with Crippen molar-refractivity contribution in [3.63, 3.8) is 0 Å². The van der Waals surface area contributed by atoms with Gasteiger partial charge in [-0.2, -0.15) is 0 Å². The summed E-state index contributed by atoms with van der Waals surface area (Å²) in [5, 5.41) is 3.39. The zero-order valence-electron chi connectivity index (χ0n) is 14.1. The van der Waals surface area contributed by atoms with Crippen molar-refractivity contribution in [2.24, 2.45) is 5.92 Å². The summed E-state index contributed by atoms with van der Waals surface area (Å²) in [6, 6.07) is 8.21. The minimum atomic E-state index is -0.207. The van der Waals surface area contributed by atoms with Crippen LogP contribution in [0.25, 0.3) is 0 Å². The van der Waals surface area contributed by atoms with Gasteiger partial charge in [-0.05, 0) is 50.5 Å². The van der Waals surface area contributed by atoms with Gasteiger partial charge in [0.15, 0.2) is 0 Å². The average Bonchev–Trinajstić information content (AvgIpc) is 2.97. The molecule has 3 heteroatoms. The Morgan fingerprint density at radius 2 is 1.86 bits per heavy atom. The number of hydrogen-bond donors (Lipinski definition) is 1. The lowest BCUT2D eigenvalue weighted by molar-refractivity contribution is -0.151. The van der Waals surface area contributed by atoms with E-state index in [4.69, 9.17) is 4.74 Å². The van der Waals surface area contributed by atoms with Crippen molar-refractivity contribution >= 4 is 5.97 Å². The summed E-state index contributed by atoms with van der Waals surface area (Å²) in [4.78, 5) is 12.4. The number of esters is 1. The Kier molecular flexibility index (Phi) is 6.44. The number of ether oxygens (including phenoxy) is 1. The van der Waals surface area contributed by atoms with Gasteiger partial charge in [0, 0.05) is 6.54 Å². The topological polar surface area (TPSA) is 38.3 Å². The van der Waals surface area contributed by atoms with Crippen LogP contribution in [0, 0.1) is 12.8 Å². The van der Waals surface area contributed by atoms with Crippen LogP contribution in [-0.4, -0.2) is 18.1 Å². The summed E-state index contributed by atoms with van der Waals surface area (Å²) in [6.45, 7) is 7.07. The van der Waals surface area contributed by atoms with Gasteiger partial charge in [-0.3, -0.25) is 4.79 Å². The molecule has 1 aliphatic rings. The van der Waals surface area contributed by atoms with Crippen molar-refractivity contribution < 1.29 is 9.53 Å². The molecular weight excluding hydrogens is 274 g/mol. The average molecular weight is 303 g/mol. The standard InChI is InChI=1S/C19H29NO2/c1-14(2)12-18(19(21)22-17-6-4-5-7-17)20-13-16-10-8-15(3)9-11-16/h8-11,14,17-18,20H,4-7,12-13H2,1-3H3. The van der Waals surface area contributed by atoms with E-state index in [1.807, 2.05) is 0 Å². The van der Waals surface area contributed by atoms with Gasteiger partial charge in [-0.15, -0.1) is 0 Å². The van der Waals surface area contributed by atoms with Crippen LogP contribution in [0.2, 0.25) is 0 Å². The van der Waals surface area contributed by atoms with Crippen LogP contribution < -0.4 is 5.32 Å². The molecule has 1 aliphatic carbocycles. The molecule has 0 bridgehead atoms. The third kappa shape index (κ3) is 5.45. The largest absolute Gasteiger partial charge is 0.461 e. The molecule has 1 aromatic carbocycles. The molecule has 0 amide bonds. The van der Waals surface area contributed by atoms with Gasteiger partial charge in [0.1, 0.15) is 12.1 Å². The molecule has 0 radical (unpaired) electrons. The molecule has 22 heavy (non-hydrogen) atoms. The van der Waals surface area contributed by atoms with E-state index in [2.05, 4.69) is 50.4 Å². The van der Waals surface area contributed by atoms with Crippen molar-refractivity contribution in [2.75, 3.05) is 0 Å². The Bertz CT molecular complexity index is 461. The quantitative estimate of drug-likeness (QED) is 0.774. The minimum Gasteiger partial charge on any atom is -0.461 e. The van der Waals surface area contributed by atoms with Gasteiger partial charge >= 0.3 is 5.97 Å². The molecule has 0 aromatic heterocycles. The SMILES string of the molecule is Cc1ccc(CNC(CC(C)C)C(=O)OC2CCCC2)cc1. The molecule has 1 saturated carbocycles. The highest BCUT2D eigenvalue weighted by Crippen LogP contribution is 2.22. The van der Waals surface area contributed by atoms with Crippen LogP contribution >= 0.6 is 0 Å². The summed E-state index contributed by atoms with van der Waals surface area (Å²) < 4.78 is 5.68. The predicted molar refractivity (Wildman–Crippen MR) is 89.6 cm³/mol. The van der Waals surface area contributed by atoms with E-state index >= 15 is 0 Å². The third-order valence-electron chi connectivity index (χ3n) is 4.25. The van der Waals surface area contributed by atoms with Crippen LogP contribution in [0.1, 0.15) is 57.1 Å². The maximum Gasteiger partial charge on any atom is 0.323 e. The summed E-state index contributed by atoms with van der Waals surface area (Å²) in [6.07, 6.45) is 5.38. The molecule has 0 aliphatic heterocycles. The second-order valence-corrected chi connectivity index (χ2v) is 6.89. The zero-order chi connectivity index (χ0) is 15.9. The van der Waals surface area contributed by atoms with E-state index in [1.54, 1.807) is 0 Å². The first-order valence-corrected chi connectivity index (χ1v) is 8.54. The smallest absolute Gasteiger partial charge is 0.323 e. The summed E-state index contributed by atoms with van der Waals surface area (Å²) >= 11 is 0. The van der Waals surface area contributed by atoms with Crippen molar-refractivity contribution in [1.82, 2.24) is 5.32 Å². The Labute approximate surface area is 134 Å². The Balaban J connectivity index is 1.89. The molecule has 0 heterocycles. The first kappa shape index (κ1) is 17.0. The zero-order valence-corrected chi connectivity index (χ0v) is 14.1. The van der Waals surface area contributed by atoms with E-state index in [-0.39, 0.29) is 18.1 Å². The molecule has 1 fully saturated rings. The van der Waals surface area contributed by atoms with Gasteiger partial charge in [-0.1, -0.05) is 43.7 Å². The third-order valence-corrected chi connectivity index (χ3v) is 4.25. The van der Waals surface area contributed by atoms with Crippen molar-refractivity contribution in [1.29, 1.82) is 0 Å². The lowest BCUT2D eigenvalue weighted by Gasteiger charge is -2.21. The van der Waals surface area contributed by atoms with Gasteiger partial charge in [0.25, 0.3) is 0 Å². The minimum absolute atomic E-state index is 0.0762. The van der Waals surface area contributed by atoms with Gasteiger partial charge in [-0.25, -0.2) is 0 Å². The van der Waals surface area contributed by atoms with Gasteiger partial charge in [0.2, 0.25) is 0 Å².